The zero-order valence-electron chi connectivity index (χ0n) is 17.7. The van der Waals surface area contributed by atoms with Crippen molar-refractivity contribution >= 4 is 5.69 Å². The SMILES string of the molecule is Nc1ccc(-n2nc3c(c2-c2ccccc2)CCc2ccc(-c4ccccc4)cc2-3)cc1. The maximum absolute atomic E-state index is 5.96. The lowest BCUT2D eigenvalue weighted by Crippen LogP contribution is -2.04. The van der Waals surface area contributed by atoms with E-state index in [0.29, 0.717) is 0 Å². The van der Waals surface area contributed by atoms with Crippen LogP contribution in [-0.4, -0.2) is 9.78 Å². The van der Waals surface area contributed by atoms with Crippen LogP contribution in [-0.2, 0) is 12.8 Å². The maximum Gasteiger partial charge on any atom is 0.0969 e. The predicted molar refractivity (Wildman–Crippen MR) is 132 cm³/mol. The van der Waals surface area contributed by atoms with E-state index in [1.807, 2.05) is 24.3 Å². The molecule has 0 atom stereocenters. The fraction of sp³-hybridized carbons (Fsp3) is 0.0690. The first-order valence-electron chi connectivity index (χ1n) is 11.0. The lowest BCUT2D eigenvalue weighted by atomic mass is 9.86. The second-order valence-electron chi connectivity index (χ2n) is 8.28. The van der Waals surface area contributed by atoms with Gasteiger partial charge in [0.2, 0.25) is 0 Å². The van der Waals surface area contributed by atoms with Gasteiger partial charge in [0.25, 0.3) is 0 Å². The van der Waals surface area contributed by atoms with E-state index >= 15 is 0 Å². The molecule has 5 aromatic rings. The topological polar surface area (TPSA) is 43.8 Å². The number of fused-ring (bicyclic) bond motifs is 3. The molecule has 0 spiro atoms. The minimum Gasteiger partial charge on any atom is -0.399 e. The van der Waals surface area contributed by atoms with Crippen molar-refractivity contribution in [2.75, 3.05) is 5.73 Å². The molecule has 1 aromatic heterocycles. The summed E-state index contributed by atoms with van der Waals surface area (Å²) in [5.41, 5.74) is 17.5. The molecule has 0 saturated heterocycles. The Hall–Kier alpha value is -4.11. The van der Waals surface area contributed by atoms with E-state index in [1.54, 1.807) is 0 Å². The van der Waals surface area contributed by atoms with E-state index in [-0.39, 0.29) is 0 Å². The van der Waals surface area contributed by atoms with Gasteiger partial charge in [-0.25, -0.2) is 4.68 Å². The van der Waals surface area contributed by atoms with Crippen molar-refractivity contribution < 1.29 is 0 Å². The molecule has 0 unspecified atom stereocenters. The number of hydrogen-bond acceptors (Lipinski definition) is 2. The maximum atomic E-state index is 5.96. The van der Waals surface area contributed by atoms with Crippen LogP contribution in [0.1, 0.15) is 11.1 Å². The molecule has 154 valence electrons. The first kappa shape index (κ1) is 18.6. The summed E-state index contributed by atoms with van der Waals surface area (Å²) in [7, 11) is 0. The highest BCUT2D eigenvalue weighted by atomic mass is 15.3. The van der Waals surface area contributed by atoms with Crippen LogP contribution in [0.5, 0.6) is 0 Å². The Kier molecular flexibility index (Phi) is 4.39. The van der Waals surface area contributed by atoms with Gasteiger partial charge >= 0.3 is 0 Å². The minimum absolute atomic E-state index is 0.754. The number of nitrogen functional groups attached to an aromatic ring is 1. The van der Waals surface area contributed by atoms with Crippen LogP contribution in [0.25, 0.3) is 39.3 Å². The van der Waals surface area contributed by atoms with E-state index < -0.39 is 0 Å². The van der Waals surface area contributed by atoms with Crippen LogP contribution >= 0.6 is 0 Å². The summed E-state index contributed by atoms with van der Waals surface area (Å²) in [5, 5.41) is 5.18. The molecule has 0 amide bonds. The fourth-order valence-electron chi connectivity index (χ4n) is 4.68. The van der Waals surface area contributed by atoms with Crippen molar-refractivity contribution in [2.24, 2.45) is 0 Å². The normalized spacial score (nSPS) is 12.2. The van der Waals surface area contributed by atoms with Gasteiger partial charge in [0.1, 0.15) is 0 Å². The Morgan fingerprint density at radius 1 is 0.656 bits per heavy atom. The first-order valence-corrected chi connectivity index (χ1v) is 11.0. The van der Waals surface area contributed by atoms with E-state index in [4.69, 9.17) is 10.8 Å². The number of hydrogen-bond donors (Lipinski definition) is 1. The zero-order valence-corrected chi connectivity index (χ0v) is 17.7. The highest BCUT2D eigenvalue weighted by Gasteiger charge is 2.26. The minimum atomic E-state index is 0.754. The summed E-state index contributed by atoms with van der Waals surface area (Å²) in [4.78, 5) is 0. The summed E-state index contributed by atoms with van der Waals surface area (Å²) >= 11 is 0. The standard InChI is InChI=1S/C29H23N3/c30-24-14-16-25(17-15-24)32-29(22-9-5-2-6-10-22)26-18-13-21-11-12-23(19-27(21)28(26)31-32)20-7-3-1-4-8-20/h1-12,14-17,19H,13,18,30H2. The van der Waals surface area contributed by atoms with Crippen molar-refractivity contribution in [2.45, 2.75) is 12.8 Å². The van der Waals surface area contributed by atoms with Gasteiger partial charge in [-0.05, 0) is 59.9 Å². The molecule has 6 rings (SSSR count). The average molecular weight is 414 g/mol. The summed E-state index contributed by atoms with van der Waals surface area (Å²) in [6.07, 6.45) is 2.00. The zero-order chi connectivity index (χ0) is 21.5. The third-order valence-electron chi connectivity index (χ3n) is 6.28. The van der Waals surface area contributed by atoms with E-state index in [0.717, 1.165) is 29.9 Å². The van der Waals surface area contributed by atoms with Crippen LogP contribution in [0.15, 0.2) is 103 Å². The van der Waals surface area contributed by atoms with Crippen molar-refractivity contribution in [3.63, 3.8) is 0 Å². The molecule has 2 N–H and O–H groups in total. The highest BCUT2D eigenvalue weighted by molar-refractivity contribution is 5.82. The van der Waals surface area contributed by atoms with Gasteiger partial charge in [0, 0.05) is 22.4 Å². The second kappa shape index (κ2) is 7.54. The number of benzene rings is 4. The van der Waals surface area contributed by atoms with Gasteiger partial charge in [-0.3, -0.25) is 0 Å². The van der Waals surface area contributed by atoms with Gasteiger partial charge in [-0.1, -0.05) is 72.8 Å². The van der Waals surface area contributed by atoms with Crippen molar-refractivity contribution in [1.29, 1.82) is 0 Å². The van der Waals surface area contributed by atoms with Gasteiger partial charge < -0.3 is 5.73 Å². The third-order valence-corrected chi connectivity index (χ3v) is 6.28. The molecule has 0 bridgehead atoms. The Labute approximate surface area is 187 Å². The van der Waals surface area contributed by atoms with E-state index in [9.17, 15) is 0 Å². The van der Waals surface area contributed by atoms with Crippen LogP contribution in [0.3, 0.4) is 0 Å². The molecule has 3 heteroatoms. The molecule has 0 radical (unpaired) electrons. The van der Waals surface area contributed by atoms with Gasteiger partial charge in [-0.2, -0.15) is 5.10 Å². The van der Waals surface area contributed by atoms with Crippen molar-refractivity contribution in [3.05, 3.63) is 114 Å². The Bertz CT molecular complexity index is 1400. The Balaban J connectivity index is 1.58. The number of aryl methyl sites for hydroxylation is 1. The van der Waals surface area contributed by atoms with Crippen LogP contribution in [0, 0.1) is 0 Å². The molecule has 1 aliphatic carbocycles. The van der Waals surface area contributed by atoms with Crippen LogP contribution in [0.2, 0.25) is 0 Å². The molecule has 1 aliphatic rings. The second-order valence-corrected chi connectivity index (χ2v) is 8.28. The fourth-order valence-corrected chi connectivity index (χ4v) is 4.68. The van der Waals surface area contributed by atoms with Gasteiger partial charge in [0.15, 0.2) is 0 Å². The van der Waals surface area contributed by atoms with Crippen LogP contribution in [0.4, 0.5) is 5.69 Å². The molecular formula is C29H23N3. The largest absolute Gasteiger partial charge is 0.399 e. The number of anilines is 1. The molecule has 3 nitrogen and oxygen atoms in total. The van der Waals surface area contributed by atoms with E-state index in [1.165, 1.54) is 39.1 Å². The molecule has 0 aliphatic heterocycles. The molecule has 4 aromatic carbocycles. The summed E-state index contributed by atoms with van der Waals surface area (Å²) in [5.74, 6) is 0. The predicted octanol–water partition coefficient (Wildman–Crippen LogP) is 6.55. The number of aromatic nitrogens is 2. The summed E-state index contributed by atoms with van der Waals surface area (Å²) in [6, 6.07) is 35.9. The van der Waals surface area contributed by atoms with E-state index in [2.05, 4.69) is 83.5 Å². The lowest BCUT2D eigenvalue weighted by molar-refractivity contribution is 0.892. The number of nitrogens with zero attached hydrogens (tertiary/aromatic N) is 2. The quantitative estimate of drug-likeness (QED) is 0.341. The lowest BCUT2D eigenvalue weighted by Gasteiger charge is -2.17. The van der Waals surface area contributed by atoms with Crippen molar-refractivity contribution in [1.82, 2.24) is 9.78 Å². The summed E-state index contributed by atoms with van der Waals surface area (Å²) < 4.78 is 2.09. The Morgan fingerprint density at radius 3 is 2.06 bits per heavy atom. The van der Waals surface area contributed by atoms with Crippen molar-refractivity contribution in [3.8, 4) is 39.3 Å². The number of rotatable bonds is 3. The third kappa shape index (κ3) is 3.10. The van der Waals surface area contributed by atoms with Crippen LogP contribution < -0.4 is 5.73 Å². The smallest absolute Gasteiger partial charge is 0.0969 e. The monoisotopic (exact) mass is 413 g/mol. The molecule has 1 heterocycles. The molecule has 0 fully saturated rings. The number of nitrogens with two attached hydrogens (primary N) is 1. The first-order chi connectivity index (χ1) is 15.8. The molecule has 0 saturated carbocycles. The van der Waals surface area contributed by atoms with Gasteiger partial charge in [-0.15, -0.1) is 0 Å². The molecular weight excluding hydrogens is 390 g/mol. The Morgan fingerprint density at radius 2 is 1.34 bits per heavy atom. The van der Waals surface area contributed by atoms with Gasteiger partial charge in [0.05, 0.1) is 17.1 Å². The molecule has 32 heavy (non-hydrogen) atoms. The summed E-state index contributed by atoms with van der Waals surface area (Å²) in [6.45, 7) is 0. The average Bonchev–Trinajstić information content (AvgIpc) is 3.25. The highest BCUT2D eigenvalue weighted by Crippen LogP contribution is 2.41.